The van der Waals surface area contributed by atoms with E-state index in [1.165, 1.54) is 9.47 Å². The fraction of sp³-hybridized carbons (Fsp3) is 0.367. The zero-order valence-corrected chi connectivity index (χ0v) is 23.2. The standard InChI is InChI=1S/C30H32N6O4/c1-33(2)13-7-15-35-27(37)17-11-12-18-22-21(17)23(29(35)39)25-26(32-20-10-6-5-9-19(20)31-25)24(22)30(40)36(28(18)38)16-8-14-34(3)4/h5-6,9-12,17,32H,7-8,13-16H2,1-4H3/p+1. The van der Waals surface area contributed by atoms with E-state index in [1.54, 1.807) is 12.2 Å². The highest BCUT2D eigenvalue weighted by Gasteiger charge is 2.44. The van der Waals surface area contributed by atoms with Crippen LogP contribution < -0.4 is 16.1 Å². The van der Waals surface area contributed by atoms with Crippen LogP contribution in [0.1, 0.15) is 40.2 Å². The van der Waals surface area contributed by atoms with Crippen molar-refractivity contribution in [3.8, 4) is 0 Å². The SMILES string of the molecule is CN(C)CCCN1C(=O)c2c3c4c(c(=O)n(CCCN(C)C)c(=O)c4c4[nH]c5ccccc5[nH+]c24)C=CC3C1=O. The highest BCUT2D eigenvalue weighted by Crippen LogP contribution is 2.43. The number of aromatic amines is 2. The first kappa shape index (κ1) is 26.1. The molecule has 2 aromatic carbocycles. The van der Waals surface area contributed by atoms with E-state index in [0.717, 1.165) is 24.1 Å². The zero-order valence-electron chi connectivity index (χ0n) is 23.2. The van der Waals surface area contributed by atoms with Crippen molar-refractivity contribution >= 4 is 50.7 Å². The maximum atomic E-state index is 14.1. The van der Waals surface area contributed by atoms with E-state index in [-0.39, 0.29) is 19.0 Å². The predicted molar refractivity (Wildman–Crippen MR) is 155 cm³/mol. The van der Waals surface area contributed by atoms with Gasteiger partial charge in [-0.2, -0.15) is 0 Å². The van der Waals surface area contributed by atoms with E-state index in [1.807, 2.05) is 62.3 Å². The Kier molecular flexibility index (Phi) is 6.39. The zero-order chi connectivity index (χ0) is 28.3. The van der Waals surface area contributed by atoms with E-state index >= 15 is 0 Å². The first-order valence-corrected chi connectivity index (χ1v) is 13.6. The fourth-order valence-corrected chi connectivity index (χ4v) is 6.05. The molecule has 10 nitrogen and oxygen atoms in total. The molecular formula is C30H33N6O4+. The summed E-state index contributed by atoms with van der Waals surface area (Å²) in [7, 11) is 7.79. The van der Waals surface area contributed by atoms with Crippen LogP contribution in [0, 0.1) is 0 Å². The Morgan fingerprint density at radius 1 is 0.900 bits per heavy atom. The van der Waals surface area contributed by atoms with Gasteiger partial charge in [-0.3, -0.25) is 28.6 Å². The van der Waals surface area contributed by atoms with Crippen LogP contribution in [-0.4, -0.2) is 83.9 Å². The first-order chi connectivity index (χ1) is 19.2. The number of nitrogens with zero attached hydrogens (tertiary/aromatic N) is 4. The number of H-pyrrole nitrogens is 2. The van der Waals surface area contributed by atoms with Gasteiger partial charge in [-0.25, -0.2) is 4.98 Å². The molecule has 0 saturated heterocycles. The molecule has 40 heavy (non-hydrogen) atoms. The third-order valence-corrected chi connectivity index (χ3v) is 7.92. The van der Waals surface area contributed by atoms with Crippen molar-refractivity contribution in [2.75, 3.05) is 47.8 Å². The van der Waals surface area contributed by atoms with Crippen LogP contribution in [0.5, 0.6) is 0 Å². The minimum absolute atomic E-state index is 0.267. The average molecular weight is 542 g/mol. The third kappa shape index (κ3) is 3.98. The van der Waals surface area contributed by atoms with Crippen molar-refractivity contribution < 1.29 is 14.6 Å². The molecule has 2 aliphatic rings. The topological polar surface area (TPSA) is 113 Å². The molecule has 2 N–H and O–H groups in total. The van der Waals surface area contributed by atoms with Gasteiger partial charge in [0, 0.05) is 30.1 Å². The molecule has 6 rings (SSSR count). The summed E-state index contributed by atoms with van der Waals surface area (Å²) in [5.74, 6) is -1.49. The summed E-state index contributed by atoms with van der Waals surface area (Å²) in [5, 5.41) is 0.731. The largest absolute Gasteiger partial charge is 0.344 e. The molecule has 0 radical (unpaired) electrons. The molecule has 1 aliphatic heterocycles. The van der Waals surface area contributed by atoms with E-state index in [4.69, 9.17) is 0 Å². The summed E-state index contributed by atoms with van der Waals surface area (Å²) in [6, 6.07) is 7.56. The van der Waals surface area contributed by atoms with Crippen LogP contribution >= 0.6 is 0 Å². The van der Waals surface area contributed by atoms with E-state index in [9.17, 15) is 19.2 Å². The quantitative estimate of drug-likeness (QED) is 0.207. The third-order valence-electron chi connectivity index (χ3n) is 7.92. The van der Waals surface area contributed by atoms with Crippen LogP contribution in [0.4, 0.5) is 0 Å². The van der Waals surface area contributed by atoms with Crippen LogP contribution in [0.15, 0.2) is 39.9 Å². The molecule has 0 spiro atoms. The van der Waals surface area contributed by atoms with Crippen molar-refractivity contribution in [2.24, 2.45) is 0 Å². The molecule has 0 saturated carbocycles. The van der Waals surface area contributed by atoms with Gasteiger partial charge < -0.3 is 14.8 Å². The second kappa shape index (κ2) is 9.79. The number of pyridine rings is 1. The summed E-state index contributed by atoms with van der Waals surface area (Å²) in [5.41, 5.74) is 2.77. The number of hydrogen-bond donors (Lipinski definition) is 1. The maximum Gasteiger partial charge on any atom is 0.267 e. The van der Waals surface area contributed by atoms with Crippen LogP contribution in [0.2, 0.25) is 0 Å². The van der Waals surface area contributed by atoms with E-state index in [2.05, 4.69) is 9.97 Å². The lowest BCUT2D eigenvalue weighted by atomic mass is 9.79. The van der Waals surface area contributed by atoms with Crippen molar-refractivity contribution in [3.63, 3.8) is 0 Å². The maximum absolute atomic E-state index is 14.1. The molecule has 1 unspecified atom stereocenters. The molecule has 2 aromatic heterocycles. The minimum Gasteiger partial charge on any atom is -0.344 e. The van der Waals surface area contributed by atoms with Crippen LogP contribution in [0.3, 0.4) is 0 Å². The Hall–Kier alpha value is -4.15. The molecule has 0 bridgehead atoms. The second-order valence-corrected chi connectivity index (χ2v) is 11.2. The number of rotatable bonds is 8. The Morgan fingerprint density at radius 2 is 1.60 bits per heavy atom. The van der Waals surface area contributed by atoms with Gasteiger partial charge in [-0.15, -0.1) is 0 Å². The molecule has 10 heteroatoms. The number of imide groups is 1. The molecule has 1 atom stereocenters. The highest BCUT2D eigenvalue weighted by atomic mass is 16.2. The number of fused-ring (bicyclic) bond motifs is 4. The number of aromatic nitrogens is 3. The lowest BCUT2D eigenvalue weighted by molar-refractivity contribution is -0.310. The van der Waals surface area contributed by atoms with Crippen LogP contribution in [-0.2, 0) is 11.3 Å². The molecule has 206 valence electrons. The van der Waals surface area contributed by atoms with Gasteiger partial charge in [-0.1, -0.05) is 24.3 Å². The summed E-state index contributed by atoms with van der Waals surface area (Å²) in [4.78, 5) is 67.7. The van der Waals surface area contributed by atoms with Gasteiger partial charge in [0.25, 0.3) is 17.0 Å². The number of para-hydroxylation sites is 2. The van der Waals surface area contributed by atoms with Gasteiger partial charge in [0.2, 0.25) is 16.9 Å². The Labute approximate surface area is 230 Å². The summed E-state index contributed by atoms with van der Waals surface area (Å²) >= 11 is 0. The average Bonchev–Trinajstić information content (AvgIpc) is 2.92. The first-order valence-electron chi connectivity index (χ1n) is 13.6. The van der Waals surface area contributed by atoms with Crippen molar-refractivity contribution in [1.82, 2.24) is 24.3 Å². The molecule has 1 aliphatic carbocycles. The lowest BCUT2D eigenvalue weighted by Crippen LogP contribution is -2.47. The number of hydrogen-bond acceptors (Lipinski definition) is 6. The number of nitrogens with one attached hydrogen (secondary N) is 2. The number of amides is 2. The lowest BCUT2D eigenvalue weighted by Gasteiger charge is -2.33. The number of benzene rings is 2. The minimum atomic E-state index is -0.755. The molecule has 0 fully saturated rings. The van der Waals surface area contributed by atoms with Crippen LogP contribution in [0.25, 0.3) is 38.9 Å². The van der Waals surface area contributed by atoms with Crippen molar-refractivity contribution in [2.45, 2.75) is 25.3 Å². The molecule has 2 amide bonds. The highest BCUT2D eigenvalue weighted by molar-refractivity contribution is 6.25. The Bertz CT molecular complexity index is 1870. The summed E-state index contributed by atoms with van der Waals surface area (Å²) in [6.45, 7) is 2.00. The van der Waals surface area contributed by atoms with E-state index < -0.39 is 22.9 Å². The monoisotopic (exact) mass is 541 g/mol. The number of carbonyl (C=O) groups excluding carboxylic acids is 2. The molecule has 3 heterocycles. The number of carbonyl (C=O) groups is 2. The van der Waals surface area contributed by atoms with Gasteiger partial charge in [-0.05, 0) is 65.8 Å². The summed E-state index contributed by atoms with van der Waals surface area (Å²) < 4.78 is 1.29. The van der Waals surface area contributed by atoms with Gasteiger partial charge in [0.1, 0.15) is 16.6 Å². The normalized spacial score (nSPS) is 16.4. The molecular weight excluding hydrogens is 508 g/mol. The van der Waals surface area contributed by atoms with Gasteiger partial charge >= 0.3 is 0 Å². The Balaban J connectivity index is 1.69. The van der Waals surface area contributed by atoms with Crippen molar-refractivity contribution in [3.05, 3.63) is 67.7 Å². The second-order valence-electron chi connectivity index (χ2n) is 11.2. The Morgan fingerprint density at radius 3 is 2.33 bits per heavy atom. The van der Waals surface area contributed by atoms with Gasteiger partial charge in [0.15, 0.2) is 0 Å². The molecule has 4 aromatic rings. The smallest absolute Gasteiger partial charge is 0.267 e. The predicted octanol–water partition coefficient (Wildman–Crippen LogP) is 1.81. The van der Waals surface area contributed by atoms with E-state index in [0.29, 0.717) is 51.3 Å². The fourth-order valence-electron chi connectivity index (χ4n) is 6.05. The van der Waals surface area contributed by atoms with Crippen molar-refractivity contribution in [1.29, 1.82) is 0 Å². The van der Waals surface area contributed by atoms with Gasteiger partial charge in [0.05, 0.1) is 11.3 Å². The summed E-state index contributed by atoms with van der Waals surface area (Å²) in [6.07, 6.45) is 4.63.